The van der Waals surface area contributed by atoms with Crippen LogP contribution in [0.2, 0.25) is 0 Å². The fourth-order valence-electron chi connectivity index (χ4n) is 4.07. The SMILES string of the molecule is CCCCCCCCCCCC/C=C/CC(CCCC)CCCCCCC. The zero-order valence-electron chi connectivity index (χ0n) is 19.6. The van der Waals surface area contributed by atoms with Gasteiger partial charge in [-0.05, 0) is 25.2 Å². The number of unbranched alkanes of at least 4 members (excludes halogenated alkanes) is 15. The molecule has 0 aliphatic heterocycles. The van der Waals surface area contributed by atoms with Gasteiger partial charge >= 0.3 is 0 Å². The van der Waals surface area contributed by atoms with Crippen LogP contribution in [-0.2, 0) is 0 Å². The summed E-state index contributed by atoms with van der Waals surface area (Å²) in [6.45, 7) is 6.94. The van der Waals surface area contributed by atoms with Gasteiger partial charge in [0.2, 0.25) is 0 Å². The van der Waals surface area contributed by atoms with Crippen LogP contribution >= 0.6 is 0 Å². The van der Waals surface area contributed by atoms with E-state index in [4.69, 9.17) is 0 Å². The molecular weight excluding hydrogens is 324 g/mol. The molecule has 0 nitrogen and oxygen atoms in total. The zero-order valence-corrected chi connectivity index (χ0v) is 19.6. The molecule has 0 aliphatic rings. The average molecular weight is 379 g/mol. The van der Waals surface area contributed by atoms with Crippen LogP contribution in [-0.4, -0.2) is 0 Å². The molecule has 27 heavy (non-hydrogen) atoms. The minimum absolute atomic E-state index is 0.954. The van der Waals surface area contributed by atoms with Crippen molar-refractivity contribution in [3.63, 3.8) is 0 Å². The Labute approximate surface area is 174 Å². The van der Waals surface area contributed by atoms with Crippen LogP contribution in [0.25, 0.3) is 0 Å². The fraction of sp³-hybridized carbons (Fsp3) is 0.926. The first-order valence-corrected chi connectivity index (χ1v) is 13.0. The van der Waals surface area contributed by atoms with Gasteiger partial charge in [-0.15, -0.1) is 0 Å². The van der Waals surface area contributed by atoms with E-state index in [2.05, 4.69) is 32.9 Å². The zero-order chi connectivity index (χ0) is 19.8. The van der Waals surface area contributed by atoms with Gasteiger partial charge in [0, 0.05) is 0 Å². The van der Waals surface area contributed by atoms with Crippen molar-refractivity contribution in [2.24, 2.45) is 5.92 Å². The standard InChI is InChI=1S/C27H54/c1-4-7-10-12-13-14-15-16-17-18-19-21-23-26-27(24-9-6-3)25-22-20-11-8-5-2/h21,23,27H,4-20,22,24-26H2,1-3H3/b23-21+. The Bertz CT molecular complexity index is 278. The normalized spacial score (nSPS) is 12.9. The molecule has 0 heterocycles. The van der Waals surface area contributed by atoms with Gasteiger partial charge in [0.1, 0.15) is 0 Å². The summed E-state index contributed by atoms with van der Waals surface area (Å²) in [5.41, 5.74) is 0. The summed E-state index contributed by atoms with van der Waals surface area (Å²) in [6, 6.07) is 0. The maximum atomic E-state index is 2.51. The van der Waals surface area contributed by atoms with E-state index in [-0.39, 0.29) is 0 Å². The van der Waals surface area contributed by atoms with E-state index in [1.807, 2.05) is 0 Å². The molecule has 0 aliphatic carbocycles. The average Bonchev–Trinajstić information content (AvgIpc) is 2.68. The van der Waals surface area contributed by atoms with E-state index in [1.54, 1.807) is 0 Å². The lowest BCUT2D eigenvalue weighted by molar-refractivity contribution is 0.414. The minimum atomic E-state index is 0.954. The molecule has 0 fully saturated rings. The first kappa shape index (κ1) is 26.7. The molecular formula is C27H54. The molecule has 0 rings (SSSR count). The minimum Gasteiger partial charge on any atom is -0.0885 e. The van der Waals surface area contributed by atoms with E-state index in [0.717, 1.165) is 5.92 Å². The van der Waals surface area contributed by atoms with Gasteiger partial charge < -0.3 is 0 Å². The lowest BCUT2D eigenvalue weighted by Gasteiger charge is -2.14. The molecule has 0 heteroatoms. The van der Waals surface area contributed by atoms with Crippen LogP contribution in [0.1, 0.15) is 156 Å². The van der Waals surface area contributed by atoms with E-state index in [1.165, 1.54) is 135 Å². The molecule has 0 aromatic heterocycles. The molecule has 0 aromatic rings. The van der Waals surface area contributed by atoms with Crippen LogP contribution in [0.15, 0.2) is 12.2 Å². The Morgan fingerprint density at radius 2 is 0.889 bits per heavy atom. The second-order valence-corrected chi connectivity index (χ2v) is 8.89. The Morgan fingerprint density at radius 3 is 1.44 bits per heavy atom. The van der Waals surface area contributed by atoms with E-state index >= 15 is 0 Å². The topological polar surface area (TPSA) is 0 Å². The Kier molecular flexibility index (Phi) is 23.5. The summed E-state index contributed by atoms with van der Waals surface area (Å²) in [5.74, 6) is 0.954. The second-order valence-electron chi connectivity index (χ2n) is 8.89. The predicted octanol–water partition coefficient (Wildman–Crippen LogP) is 10.4. The third kappa shape index (κ3) is 21.9. The molecule has 0 amide bonds. The van der Waals surface area contributed by atoms with Crippen molar-refractivity contribution < 1.29 is 0 Å². The number of hydrogen-bond acceptors (Lipinski definition) is 0. The Morgan fingerprint density at radius 1 is 0.444 bits per heavy atom. The van der Waals surface area contributed by atoms with Crippen molar-refractivity contribution in [1.29, 1.82) is 0 Å². The van der Waals surface area contributed by atoms with Crippen LogP contribution in [0.3, 0.4) is 0 Å². The third-order valence-electron chi connectivity index (χ3n) is 6.04. The first-order valence-electron chi connectivity index (χ1n) is 13.0. The van der Waals surface area contributed by atoms with Gasteiger partial charge in [0.05, 0.1) is 0 Å². The summed E-state index contributed by atoms with van der Waals surface area (Å²) < 4.78 is 0. The molecule has 0 aromatic carbocycles. The van der Waals surface area contributed by atoms with Crippen molar-refractivity contribution in [2.75, 3.05) is 0 Å². The fourth-order valence-corrected chi connectivity index (χ4v) is 4.07. The van der Waals surface area contributed by atoms with Crippen molar-refractivity contribution in [1.82, 2.24) is 0 Å². The molecule has 0 spiro atoms. The lowest BCUT2D eigenvalue weighted by Crippen LogP contribution is -1.99. The van der Waals surface area contributed by atoms with Gasteiger partial charge in [-0.3, -0.25) is 0 Å². The maximum absolute atomic E-state index is 2.51. The van der Waals surface area contributed by atoms with Gasteiger partial charge in [-0.1, -0.05) is 148 Å². The highest BCUT2D eigenvalue weighted by atomic mass is 14.1. The highest BCUT2D eigenvalue weighted by Gasteiger charge is 2.06. The van der Waals surface area contributed by atoms with E-state index in [9.17, 15) is 0 Å². The largest absolute Gasteiger partial charge is 0.0885 e. The number of hydrogen-bond donors (Lipinski definition) is 0. The smallest absolute Gasteiger partial charge is 0.0322 e. The van der Waals surface area contributed by atoms with Crippen molar-refractivity contribution in [3.8, 4) is 0 Å². The molecule has 0 saturated carbocycles. The molecule has 0 bridgehead atoms. The van der Waals surface area contributed by atoms with Crippen LogP contribution in [0, 0.1) is 5.92 Å². The molecule has 1 atom stereocenters. The van der Waals surface area contributed by atoms with Crippen LogP contribution < -0.4 is 0 Å². The number of rotatable bonds is 22. The second kappa shape index (κ2) is 23.8. The van der Waals surface area contributed by atoms with Crippen molar-refractivity contribution in [2.45, 2.75) is 156 Å². The highest BCUT2D eigenvalue weighted by Crippen LogP contribution is 2.21. The van der Waals surface area contributed by atoms with E-state index < -0.39 is 0 Å². The summed E-state index contributed by atoms with van der Waals surface area (Å²) in [6.07, 6.45) is 34.9. The van der Waals surface area contributed by atoms with Crippen LogP contribution in [0.5, 0.6) is 0 Å². The molecule has 1 unspecified atom stereocenters. The summed E-state index contributed by atoms with van der Waals surface area (Å²) in [5, 5.41) is 0. The summed E-state index contributed by atoms with van der Waals surface area (Å²) in [7, 11) is 0. The summed E-state index contributed by atoms with van der Waals surface area (Å²) in [4.78, 5) is 0. The predicted molar refractivity (Wildman–Crippen MR) is 127 cm³/mol. The molecule has 0 N–H and O–H groups in total. The van der Waals surface area contributed by atoms with Crippen molar-refractivity contribution >= 4 is 0 Å². The maximum Gasteiger partial charge on any atom is -0.0322 e. The van der Waals surface area contributed by atoms with Gasteiger partial charge in [0.25, 0.3) is 0 Å². The molecule has 0 saturated heterocycles. The van der Waals surface area contributed by atoms with Gasteiger partial charge in [-0.25, -0.2) is 0 Å². The Balaban J connectivity index is 3.55. The molecule has 162 valence electrons. The molecule has 0 radical (unpaired) electrons. The number of allylic oxidation sites excluding steroid dienone is 2. The van der Waals surface area contributed by atoms with Gasteiger partial charge in [-0.2, -0.15) is 0 Å². The lowest BCUT2D eigenvalue weighted by atomic mass is 9.92. The monoisotopic (exact) mass is 378 g/mol. The third-order valence-corrected chi connectivity index (χ3v) is 6.04. The first-order chi connectivity index (χ1) is 13.3. The quantitative estimate of drug-likeness (QED) is 0.130. The van der Waals surface area contributed by atoms with Gasteiger partial charge in [0.15, 0.2) is 0 Å². The van der Waals surface area contributed by atoms with E-state index in [0.29, 0.717) is 0 Å². The Hall–Kier alpha value is -0.260. The summed E-state index contributed by atoms with van der Waals surface area (Å²) >= 11 is 0. The van der Waals surface area contributed by atoms with Crippen LogP contribution in [0.4, 0.5) is 0 Å². The van der Waals surface area contributed by atoms with Crippen molar-refractivity contribution in [3.05, 3.63) is 12.2 Å². The highest BCUT2D eigenvalue weighted by molar-refractivity contribution is 4.84.